The number of nitrogens with one attached hydrogen (secondary N) is 1. The summed E-state index contributed by atoms with van der Waals surface area (Å²) in [6, 6.07) is 9.37. The fourth-order valence-electron chi connectivity index (χ4n) is 2.71. The van der Waals surface area contributed by atoms with Crippen LogP contribution in [0.3, 0.4) is 0 Å². The summed E-state index contributed by atoms with van der Waals surface area (Å²) < 4.78 is 5.55. The molecule has 0 bridgehead atoms. The fourth-order valence-corrected chi connectivity index (χ4v) is 2.71. The van der Waals surface area contributed by atoms with Gasteiger partial charge in [-0.25, -0.2) is 0 Å². The van der Waals surface area contributed by atoms with Gasteiger partial charge in [0.1, 0.15) is 5.58 Å². The van der Waals surface area contributed by atoms with Crippen LogP contribution in [0, 0.1) is 0 Å². The van der Waals surface area contributed by atoms with Gasteiger partial charge < -0.3 is 9.73 Å². The molecule has 0 spiro atoms. The molecule has 3 nitrogen and oxygen atoms in total. The summed E-state index contributed by atoms with van der Waals surface area (Å²) in [5, 5.41) is 4.73. The van der Waals surface area contributed by atoms with E-state index >= 15 is 0 Å². The molecule has 0 aliphatic rings. The zero-order valence-corrected chi connectivity index (χ0v) is 13.0. The third-order valence-corrected chi connectivity index (χ3v) is 3.75. The second kappa shape index (κ2) is 6.91. The lowest BCUT2D eigenvalue weighted by molar-refractivity contribution is 0.176. The van der Waals surface area contributed by atoms with Gasteiger partial charge >= 0.3 is 0 Å². The summed E-state index contributed by atoms with van der Waals surface area (Å²) in [6.07, 6.45) is 1.86. The molecule has 1 N–H and O–H groups in total. The Morgan fingerprint density at radius 3 is 2.50 bits per heavy atom. The summed E-state index contributed by atoms with van der Waals surface area (Å²) in [6.45, 7) is 11.9. The van der Waals surface area contributed by atoms with Gasteiger partial charge in [-0.1, -0.05) is 18.2 Å². The lowest BCUT2D eigenvalue weighted by atomic mass is 10.2. The highest BCUT2D eigenvalue weighted by molar-refractivity contribution is 5.80. The molecule has 1 aromatic carbocycles. The summed E-state index contributed by atoms with van der Waals surface area (Å²) in [5.74, 6) is 0. The van der Waals surface area contributed by atoms with Crippen LogP contribution in [0.5, 0.6) is 0 Å². The Labute approximate surface area is 122 Å². The van der Waals surface area contributed by atoms with Crippen molar-refractivity contribution in [2.24, 2.45) is 0 Å². The average Bonchev–Trinajstić information content (AvgIpc) is 2.81. The van der Waals surface area contributed by atoms with E-state index in [4.69, 9.17) is 4.42 Å². The first-order chi connectivity index (χ1) is 9.59. The van der Waals surface area contributed by atoms with E-state index in [1.807, 2.05) is 18.4 Å². The monoisotopic (exact) mass is 274 g/mol. The number of benzene rings is 1. The topological polar surface area (TPSA) is 28.4 Å². The number of nitrogens with zero attached hydrogens (tertiary/aromatic N) is 1. The predicted octanol–water partition coefficient (Wildman–Crippen LogP) is 3.64. The highest BCUT2D eigenvalue weighted by Crippen LogP contribution is 2.20. The lowest BCUT2D eigenvalue weighted by Crippen LogP contribution is -2.41. The second-order valence-electron chi connectivity index (χ2n) is 5.86. The van der Waals surface area contributed by atoms with Gasteiger partial charge in [-0.2, -0.15) is 0 Å². The summed E-state index contributed by atoms with van der Waals surface area (Å²) in [5.41, 5.74) is 2.21. The molecule has 2 rings (SSSR count). The molecular weight excluding hydrogens is 248 g/mol. The Bertz CT molecular complexity index is 523. The number of para-hydroxylation sites is 1. The smallest absolute Gasteiger partial charge is 0.134 e. The third-order valence-electron chi connectivity index (χ3n) is 3.75. The van der Waals surface area contributed by atoms with Crippen LogP contribution in [0.15, 0.2) is 34.9 Å². The van der Waals surface area contributed by atoms with Crippen molar-refractivity contribution in [3.63, 3.8) is 0 Å². The molecule has 0 atom stereocenters. The van der Waals surface area contributed by atoms with Crippen LogP contribution in [-0.4, -0.2) is 30.1 Å². The SMILES string of the molecule is CC(C)N(CCNCc1coc2ccccc12)C(C)C. The van der Waals surface area contributed by atoms with Crippen molar-refractivity contribution in [2.45, 2.75) is 46.3 Å². The van der Waals surface area contributed by atoms with Gasteiger partial charge in [-0.05, 0) is 33.8 Å². The van der Waals surface area contributed by atoms with Crippen LogP contribution in [-0.2, 0) is 6.54 Å². The molecule has 0 aliphatic carbocycles. The van der Waals surface area contributed by atoms with Crippen LogP contribution in [0.2, 0.25) is 0 Å². The van der Waals surface area contributed by atoms with Crippen molar-refractivity contribution in [3.05, 3.63) is 36.1 Å². The molecule has 3 heteroatoms. The standard InChI is InChI=1S/C17H26N2O/c1-13(2)19(14(3)4)10-9-18-11-15-12-20-17-8-6-5-7-16(15)17/h5-8,12-14,18H,9-11H2,1-4H3. The van der Waals surface area contributed by atoms with E-state index in [9.17, 15) is 0 Å². The Morgan fingerprint density at radius 2 is 1.80 bits per heavy atom. The quantitative estimate of drug-likeness (QED) is 0.781. The second-order valence-corrected chi connectivity index (χ2v) is 5.86. The van der Waals surface area contributed by atoms with Crippen LogP contribution in [0.1, 0.15) is 33.3 Å². The maximum absolute atomic E-state index is 5.55. The lowest BCUT2D eigenvalue weighted by Gasteiger charge is -2.30. The zero-order chi connectivity index (χ0) is 14.5. The minimum absolute atomic E-state index is 0.589. The molecule has 1 aromatic heterocycles. The molecule has 20 heavy (non-hydrogen) atoms. The van der Waals surface area contributed by atoms with Gasteiger partial charge in [-0.3, -0.25) is 4.90 Å². The van der Waals surface area contributed by atoms with Gasteiger partial charge in [0.15, 0.2) is 0 Å². The summed E-state index contributed by atoms with van der Waals surface area (Å²) >= 11 is 0. The molecule has 110 valence electrons. The number of hydrogen-bond acceptors (Lipinski definition) is 3. The molecule has 1 heterocycles. The van der Waals surface area contributed by atoms with Crippen molar-refractivity contribution in [2.75, 3.05) is 13.1 Å². The van der Waals surface area contributed by atoms with Gasteiger partial charge in [0, 0.05) is 42.7 Å². The van der Waals surface area contributed by atoms with Gasteiger partial charge in [-0.15, -0.1) is 0 Å². The van der Waals surface area contributed by atoms with E-state index < -0.39 is 0 Å². The number of hydrogen-bond donors (Lipinski definition) is 1. The first-order valence-electron chi connectivity index (χ1n) is 7.51. The van der Waals surface area contributed by atoms with Crippen molar-refractivity contribution in [1.82, 2.24) is 10.2 Å². The minimum atomic E-state index is 0.589. The highest BCUT2D eigenvalue weighted by atomic mass is 16.3. The number of furan rings is 1. The van der Waals surface area contributed by atoms with Gasteiger partial charge in [0.05, 0.1) is 6.26 Å². The van der Waals surface area contributed by atoms with Crippen LogP contribution in [0.25, 0.3) is 11.0 Å². The van der Waals surface area contributed by atoms with E-state index in [1.54, 1.807) is 0 Å². The Morgan fingerprint density at radius 1 is 1.10 bits per heavy atom. The summed E-state index contributed by atoms with van der Waals surface area (Å²) in [7, 11) is 0. The highest BCUT2D eigenvalue weighted by Gasteiger charge is 2.12. The molecule has 0 radical (unpaired) electrons. The molecule has 0 saturated heterocycles. The van der Waals surface area contributed by atoms with Crippen LogP contribution >= 0.6 is 0 Å². The van der Waals surface area contributed by atoms with Gasteiger partial charge in [0.25, 0.3) is 0 Å². The third kappa shape index (κ3) is 3.62. The molecular formula is C17H26N2O. The Hall–Kier alpha value is -1.32. The molecule has 0 fully saturated rings. The molecule has 0 unspecified atom stereocenters. The molecule has 0 saturated carbocycles. The van der Waals surface area contributed by atoms with Crippen molar-refractivity contribution in [1.29, 1.82) is 0 Å². The van der Waals surface area contributed by atoms with E-state index in [0.29, 0.717) is 12.1 Å². The van der Waals surface area contributed by atoms with E-state index in [-0.39, 0.29) is 0 Å². The Kier molecular flexibility index (Phi) is 5.21. The van der Waals surface area contributed by atoms with E-state index in [2.05, 4.69) is 50.0 Å². The van der Waals surface area contributed by atoms with Crippen LogP contribution in [0.4, 0.5) is 0 Å². The molecule has 2 aromatic rings. The Balaban J connectivity index is 1.84. The number of fused-ring (bicyclic) bond motifs is 1. The van der Waals surface area contributed by atoms with Crippen LogP contribution < -0.4 is 5.32 Å². The maximum atomic E-state index is 5.55. The largest absolute Gasteiger partial charge is 0.464 e. The van der Waals surface area contributed by atoms with E-state index in [0.717, 1.165) is 25.2 Å². The molecule has 0 aliphatic heterocycles. The maximum Gasteiger partial charge on any atom is 0.134 e. The fraction of sp³-hybridized carbons (Fsp3) is 0.529. The van der Waals surface area contributed by atoms with E-state index in [1.165, 1.54) is 10.9 Å². The summed E-state index contributed by atoms with van der Waals surface area (Å²) in [4.78, 5) is 2.50. The van der Waals surface area contributed by atoms with Crippen molar-refractivity contribution in [3.8, 4) is 0 Å². The zero-order valence-electron chi connectivity index (χ0n) is 13.0. The first-order valence-corrected chi connectivity index (χ1v) is 7.51. The normalized spacial score (nSPS) is 12.2. The minimum Gasteiger partial charge on any atom is -0.464 e. The predicted molar refractivity (Wildman–Crippen MR) is 84.9 cm³/mol. The first kappa shape index (κ1) is 15.1. The van der Waals surface area contributed by atoms with Gasteiger partial charge in [0.2, 0.25) is 0 Å². The van der Waals surface area contributed by atoms with Crippen molar-refractivity contribution < 1.29 is 4.42 Å². The molecule has 0 amide bonds. The average molecular weight is 274 g/mol. The van der Waals surface area contributed by atoms with Crippen molar-refractivity contribution >= 4 is 11.0 Å². The number of rotatable bonds is 7.